The van der Waals surface area contributed by atoms with Crippen LogP contribution in [-0.4, -0.2) is 15.1 Å². The second kappa shape index (κ2) is 2.71. The molecule has 1 aromatic carbocycles. The van der Waals surface area contributed by atoms with Crippen LogP contribution in [0.25, 0.3) is 10.9 Å². The van der Waals surface area contributed by atoms with E-state index in [0.29, 0.717) is 0 Å². The molecular weight excluding hydrogens is 220 g/mol. The van der Waals surface area contributed by atoms with Crippen molar-refractivity contribution >= 4 is 26.8 Å². The Balaban J connectivity index is 2.86. The lowest BCUT2D eigenvalue weighted by Gasteiger charge is -1.98. The van der Waals surface area contributed by atoms with Gasteiger partial charge in [0.15, 0.2) is 0 Å². The Morgan fingerprint density at radius 1 is 1.25 bits per heavy atom. The van der Waals surface area contributed by atoms with E-state index in [9.17, 15) is 0 Å². The van der Waals surface area contributed by atoms with Crippen molar-refractivity contribution in [2.24, 2.45) is 0 Å². The number of phenols is 1. The van der Waals surface area contributed by atoms with Crippen molar-refractivity contribution in [2.45, 2.75) is 0 Å². The van der Waals surface area contributed by atoms with E-state index in [-0.39, 0.29) is 5.75 Å². The van der Waals surface area contributed by atoms with E-state index in [1.54, 1.807) is 18.2 Å². The van der Waals surface area contributed by atoms with Gasteiger partial charge in [0.05, 0.1) is 5.52 Å². The van der Waals surface area contributed by atoms with Crippen molar-refractivity contribution in [1.82, 2.24) is 9.97 Å². The standard InChI is InChI=1S/C8H5BrN2O/c9-8-6-2-1-5(12)3-7(6)10-4-11-8/h1-4,12H. The Bertz CT molecular complexity index is 430. The third-order valence-corrected chi connectivity index (χ3v) is 2.20. The molecule has 0 bridgehead atoms. The van der Waals surface area contributed by atoms with Crippen LogP contribution in [-0.2, 0) is 0 Å². The SMILES string of the molecule is Oc1ccc2c(Br)ncnc2c1. The highest BCUT2D eigenvalue weighted by atomic mass is 79.9. The predicted octanol–water partition coefficient (Wildman–Crippen LogP) is 2.10. The minimum absolute atomic E-state index is 0.216. The first kappa shape index (κ1) is 7.49. The summed E-state index contributed by atoms with van der Waals surface area (Å²) in [5.41, 5.74) is 0.733. The maximum absolute atomic E-state index is 9.15. The molecule has 0 radical (unpaired) electrons. The van der Waals surface area contributed by atoms with Gasteiger partial charge in [0.1, 0.15) is 16.7 Å². The van der Waals surface area contributed by atoms with Gasteiger partial charge >= 0.3 is 0 Å². The van der Waals surface area contributed by atoms with E-state index in [1.807, 2.05) is 0 Å². The van der Waals surface area contributed by atoms with Gasteiger partial charge in [-0.05, 0) is 28.1 Å². The molecule has 3 nitrogen and oxygen atoms in total. The van der Waals surface area contributed by atoms with Crippen LogP contribution >= 0.6 is 15.9 Å². The molecule has 1 aromatic heterocycles. The number of hydrogen-bond acceptors (Lipinski definition) is 3. The molecule has 0 aliphatic carbocycles. The molecule has 60 valence electrons. The minimum atomic E-state index is 0.216. The monoisotopic (exact) mass is 224 g/mol. The zero-order valence-corrected chi connectivity index (χ0v) is 7.62. The summed E-state index contributed by atoms with van der Waals surface area (Å²) < 4.78 is 0.743. The molecule has 4 heteroatoms. The predicted molar refractivity (Wildman–Crippen MR) is 48.9 cm³/mol. The van der Waals surface area contributed by atoms with Gasteiger partial charge < -0.3 is 5.11 Å². The molecule has 1 N–H and O–H groups in total. The van der Waals surface area contributed by atoms with Gasteiger partial charge in [0, 0.05) is 11.5 Å². The van der Waals surface area contributed by atoms with Crippen LogP contribution in [0, 0.1) is 0 Å². The molecule has 0 fully saturated rings. The molecule has 0 spiro atoms. The van der Waals surface area contributed by atoms with E-state index < -0.39 is 0 Å². The van der Waals surface area contributed by atoms with E-state index in [1.165, 1.54) is 6.33 Å². The molecule has 12 heavy (non-hydrogen) atoms. The second-order valence-electron chi connectivity index (χ2n) is 2.37. The summed E-state index contributed by atoms with van der Waals surface area (Å²) in [6.45, 7) is 0. The van der Waals surface area contributed by atoms with Crippen LogP contribution in [0.1, 0.15) is 0 Å². The fraction of sp³-hybridized carbons (Fsp3) is 0. The Kier molecular flexibility index (Phi) is 1.69. The first-order valence-electron chi connectivity index (χ1n) is 3.36. The molecule has 0 atom stereocenters. The van der Waals surface area contributed by atoms with Crippen molar-refractivity contribution < 1.29 is 5.11 Å². The highest BCUT2D eigenvalue weighted by molar-refractivity contribution is 9.10. The first-order valence-corrected chi connectivity index (χ1v) is 4.16. The third-order valence-electron chi connectivity index (χ3n) is 1.57. The second-order valence-corrected chi connectivity index (χ2v) is 3.12. The van der Waals surface area contributed by atoms with Crippen molar-refractivity contribution in [3.8, 4) is 5.75 Å². The van der Waals surface area contributed by atoms with Gasteiger partial charge in [-0.2, -0.15) is 0 Å². The van der Waals surface area contributed by atoms with Crippen LogP contribution in [0.15, 0.2) is 29.1 Å². The largest absolute Gasteiger partial charge is 0.508 e. The van der Waals surface area contributed by atoms with E-state index in [4.69, 9.17) is 5.11 Å². The molecule has 0 saturated carbocycles. The normalized spacial score (nSPS) is 10.4. The average Bonchev–Trinajstić information content (AvgIpc) is 2.04. The summed E-state index contributed by atoms with van der Waals surface area (Å²) >= 11 is 3.29. The van der Waals surface area contributed by atoms with Crippen LogP contribution in [0.5, 0.6) is 5.75 Å². The molecule has 0 amide bonds. The fourth-order valence-electron chi connectivity index (χ4n) is 1.01. The number of hydrogen-bond donors (Lipinski definition) is 1. The van der Waals surface area contributed by atoms with Gasteiger partial charge in [-0.1, -0.05) is 0 Å². The lowest BCUT2D eigenvalue weighted by atomic mass is 10.2. The molecule has 0 aliphatic heterocycles. The number of aromatic hydroxyl groups is 1. The molecule has 1 heterocycles. The molecule has 0 aliphatic rings. The smallest absolute Gasteiger partial charge is 0.117 e. The van der Waals surface area contributed by atoms with Crippen LogP contribution < -0.4 is 0 Å². The lowest BCUT2D eigenvalue weighted by Crippen LogP contribution is -1.82. The maximum Gasteiger partial charge on any atom is 0.117 e. The summed E-state index contributed by atoms with van der Waals surface area (Å²) in [6, 6.07) is 4.98. The maximum atomic E-state index is 9.15. The first-order chi connectivity index (χ1) is 5.77. The minimum Gasteiger partial charge on any atom is -0.508 e. The molecule has 2 rings (SSSR count). The zero-order valence-electron chi connectivity index (χ0n) is 6.03. The van der Waals surface area contributed by atoms with Crippen molar-refractivity contribution in [3.05, 3.63) is 29.1 Å². The fourth-order valence-corrected chi connectivity index (χ4v) is 1.44. The highest BCUT2D eigenvalue weighted by Gasteiger charge is 1.99. The van der Waals surface area contributed by atoms with Gasteiger partial charge in [0.25, 0.3) is 0 Å². The number of halogens is 1. The summed E-state index contributed by atoms with van der Waals surface area (Å²) in [5.74, 6) is 0.216. The number of benzene rings is 1. The molecule has 0 unspecified atom stereocenters. The number of rotatable bonds is 0. The van der Waals surface area contributed by atoms with Crippen LogP contribution in [0.4, 0.5) is 0 Å². The van der Waals surface area contributed by atoms with Gasteiger partial charge in [-0.15, -0.1) is 0 Å². The van der Waals surface area contributed by atoms with Crippen LogP contribution in [0.3, 0.4) is 0 Å². The third kappa shape index (κ3) is 1.14. The highest BCUT2D eigenvalue weighted by Crippen LogP contribution is 2.22. The Labute approximate surface area is 77.2 Å². The van der Waals surface area contributed by atoms with E-state index >= 15 is 0 Å². The summed E-state index contributed by atoms with van der Waals surface area (Å²) in [4.78, 5) is 7.96. The summed E-state index contributed by atoms with van der Waals surface area (Å²) in [7, 11) is 0. The van der Waals surface area contributed by atoms with E-state index in [2.05, 4.69) is 25.9 Å². The summed E-state index contributed by atoms with van der Waals surface area (Å²) in [6.07, 6.45) is 1.45. The van der Waals surface area contributed by atoms with Crippen LogP contribution in [0.2, 0.25) is 0 Å². The average molecular weight is 225 g/mol. The Morgan fingerprint density at radius 3 is 2.92 bits per heavy atom. The quantitative estimate of drug-likeness (QED) is 0.698. The van der Waals surface area contributed by atoms with Crippen molar-refractivity contribution in [1.29, 1.82) is 0 Å². The summed E-state index contributed by atoms with van der Waals surface area (Å²) in [5, 5.41) is 10.0. The van der Waals surface area contributed by atoms with Crippen molar-refractivity contribution in [2.75, 3.05) is 0 Å². The number of aromatic nitrogens is 2. The number of nitrogens with zero attached hydrogens (tertiary/aromatic N) is 2. The number of fused-ring (bicyclic) bond motifs is 1. The topological polar surface area (TPSA) is 46.0 Å². The van der Waals surface area contributed by atoms with E-state index in [0.717, 1.165) is 15.5 Å². The number of phenolic OH excluding ortho intramolecular Hbond substituents is 1. The molecule has 2 aromatic rings. The van der Waals surface area contributed by atoms with Gasteiger partial charge in [-0.25, -0.2) is 9.97 Å². The Morgan fingerprint density at radius 2 is 2.08 bits per heavy atom. The van der Waals surface area contributed by atoms with Gasteiger partial charge in [-0.3, -0.25) is 0 Å². The molecular formula is C8H5BrN2O. The zero-order chi connectivity index (χ0) is 8.55. The molecule has 0 saturated heterocycles. The van der Waals surface area contributed by atoms with Crippen molar-refractivity contribution in [3.63, 3.8) is 0 Å². The van der Waals surface area contributed by atoms with Gasteiger partial charge in [0.2, 0.25) is 0 Å². The lowest BCUT2D eigenvalue weighted by molar-refractivity contribution is 0.476. The Hall–Kier alpha value is -1.16.